The van der Waals surface area contributed by atoms with Gasteiger partial charge in [0.1, 0.15) is 5.75 Å². The molecule has 1 N–H and O–H groups in total. The van der Waals surface area contributed by atoms with E-state index in [0.29, 0.717) is 13.0 Å². The van der Waals surface area contributed by atoms with Gasteiger partial charge < -0.3 is 14.7 Å². The molecule has 24 heavy (non-hydrogen) atoms. The molecule has 1 saturated heterocycles. The Balaban J connectivity index is 1.73. The molecule has 1 aromatic rings. The van der Waals surface area contributed by atoms with Crippen LogP contribution in [-0.4, -0.2) is 65.7 Å². The van der Waals surface area contributed by atoms with Crippen LogP contribution < -0.4 is 4.74 Å². The summed E-state index contributed by atoms with van der Waals surface area (Å²) in [6.07, 6.45) is 1.16. The smallest absolute Gasteiger partial charge is 0.222 e. The van der Waals surface area contributed by atoms with Crippen molar-refractivity contribution in [3.8, 4) is 5.75 Å². The number of piperazine rings is 1. The quantitative estimate of drug-likeness (QED) is 0.828. The summed E-state index contributed by atoms with van der Waals surface area (Å²) >= 11 is 0. The fourth-order valence-electron chi connectivity index (χ4n) is 2.97. The van der Waals surface area contributed by atoms with Crippen molar-refractivity contribution in [2.24, 2.45) is 0 Å². The lowest BCUT2D eigenvalue weighted by molar-refractivity contribution is -0.133. The summed E-state index contributed by atoms with van der Waals surface area (Å²) in [6.45, 7) is 9.71. The highest BCUT2D eigenvalue weighted by molar-refractivity contribution is 5.76. The predicted molar refractivity (Wildman–Crippen MR) is 95.2 cm³/mol. The van der Waals surface area contributed by atoms with E-state index in [1.165, 1.54) is 0 Å². The molecule has 0 aliphatic carbocycles. The molecule has 0 aromatic heterocycles. The first-order valence-corrected chi connectivity index (χ1v) is 8.88. The fraction of sp³-hybridized carbons (Fsp3) is 0.632. The number of benzene rings is 1. The molecular weight excluding hydrogens is 304 g/mol. The first kappa shape index (κ1) is 18.7. The number of aryl methyl sites for hydroxylation is 1. The second-order valence-corrected chi connectivity index (χ2v) is 6.84. The molecule has 5 heteroatoms. The Morgan fingerprint density at radius 1 is 1.12 bits per heavy atom. The van der Waals surface area contributed by atoms with Crippen molar-refractivity contribution in [2.45, 2.75) is 45.8 Å². The average Bonchev–Trinajstić information content (AvgIpc) is 2.53. The van der Waals surface area contributed by atoms with Gasteiger partial charge in [-0.25, -0.2) is 0 Å². The zero-order valence-electron chi connectivity index (χ0n) is 15.1. The zero-order chi connectivity index (χ0) is 17.5. The van der Waals surface area contributed by atoms with Gasteiger partial charge in [0, 0.05) is 39.1 Å². The van der Waals surface area contributed by atoms with Crippen LogP contribution in [0.5, 0.6) is 5.75 Å². The maximum absolute atomic E-state index is 12.3. The number of rotatable bonds is 7. The Kier molecular flexibility index (Phi) is 7.06. The summed E-state index contributed by atoms with van der Waals surface area (Å²) in [4.78, 5) is 16.5. The number of aliphatic hydroxyl groups is 1. The number of hydrogen-bond acceptors (Lipinski definition) is 4. The predicted octanol–water partition coefficient (Wildman–Crippen LogP) is 1.93. The second-order valence-electron chi connectivity index (χ2n) is 6.84. The van der Waals surface area contributed by atoms with E-state index in [-0.39, 0.29) is 18.1 Å². The van der Waals surface area contributed by atoms with Crippen LogP contribution in [0.2, 0.25) is 0 Å². The van der Waals surface area contributed by atoms with E-state index in [4.69, 9.17) is 4.74 Å². The van der Waals surface area contributed by atoms with Crippen molar-refractivity contribution in [2.75, 3.05) is 32.7 Å². The number of amides is 1. The monoisotopic (exact) mass is 334 g/mol. The molecule has 1 aliphatic rings. The molecule has 0 radical (unpaired) electrons. The highest BCUT2D eigenvalue weighted by Gasteiger charge is 2.21. The van der Waals surface area contributed by atoms with E-state index >= 15 is 0 Å². The zero-order valence-corrected chi connectivity index (χ0v) is 15.1. The first-order chi connectivity index (χ1) is 11.4. The topological polar surface area (TPSA) is 53.0 Å². The van der Waals surface area contributed by atoms with Gasteiger partial charge in [-0.2, -0.15) is 0 Å². The maximum atomic E-state index is 12.3. The molecule has 1 aromatic carbocycles. The summed E-state index contributed by atoms with van der Waals surface area (Å²) < 4.78 is 5.63. The van der Waals surface area contributed by atoms with Crippen LogP contribution in [0.3, 0.4) is 0 Å². The Bertz CT molecular complexity index is 506. The molecule has 2 rings (SSSR count). The van der Waals surface area contributed by atoms with E-state index in [1.54, 1.807) is 6.92 Å². The second kappa shape index (κ2) is 9.04. The van der Waals surface area contributed by atoms with Gasteiger partial charge in [0.2, 0.25) is 5.91 Å². The molecule has 1 aliphatic heterocycles. The van der Waals surface area contributed by atoms with Crippen molar-refractivity contribution in [3.63, 3.8) is 0 Å². The van der Waals surface area contributed by atoms with Crippen LogP contribution in [-0.2, 0) is 11.2 Å². The summed E-state index contributed by atoms with van der Waals surface area (Å²) in [7, 11) is 0. The van der Waals surface area contributed by atoms with Crippen LogP contribution in [0.1, 0.15) is 32.8 Å². The maximum Gasteiger partial charge on any atom is 0.222 e. The average molecular weight is 334 g/mol. The number of β-amino-alcohol motifs (C(OH)–C–C–N with tert-alkyl or cyclic N) is 1. The van der Waals surface area contributed by atoms with Crippen molar-refractivity contribution in [1.82, 2.24) is 9.80 Å². The molecule has 0 spiro atoms. The third-order valence-electron chi connectivity index (χ3n) is 4.17. The van der Waals surface area contributed by atoms with Gasteiger partial charge in [0.05, 0.1) is 12.2 Å². The van der Waals surface area contributed by atoms with Crippen LogP contribution in [0.4, 0.5) is 0 Å². The Morgan fingerprint density at radius 2 is 1.75 bits per heavy atom. The van der Waals surface area contributed by atoms with Crippen LogP contribution in [0, 0.1) is 0 Å². The lowest BCUT2D eigenvalue weighted by Crippen LogP contribution is -2.50. The lowest BCUT2D eigenvalue weighted by atomic mass is 10.1. The van der Waals surface area contributed by atoms with Gasteiger partial charge in [-0.15, -0.1) is 0 Å². The minimum absolute atomic E-state index is 0.171. The summed E-state index contributed by atoms with van der Waals surface area (Å²) in [5.41, 5.74) is 1.16. The van der Waals surface area contributed by atoms with E-state index in [2.05, 4.69) is 4.90 Å². The minimum atomic E-state index is -0.310. The SMILES string of the molecule is CC(C)Oc1ccc(CCC(=O)N2CCN(C[C@@H](C)O)CC2)cc1. The van der Waals surface area contributed by atoms with Crippen LogP contribution in [0.25, 0.3) is 0 Å². The summed E-state index contributed by atoms with van der Waals surface area (Å²) in [5, 5.41) is 9.43. The molecule has 1 fully saturated rings. The van der Waals surface area contributed by atoms with Crippen molar-refractivity contribution in [3.05, 3.63) is 29.8 Å². The molecule has 0 saturated carbocycles. The molecule has 5 nitrogen and oxygen atoms in total. The molecule has 1 atom stereocenters. The van der Waals surface area contributed by atoms with Gasteiger partial charge in [0.25, 0.3) is 0 Å². The van der Waals surface area contributed by atoms with Crippen molar-refractivity contribution < 1.29 is 14.6 Å². The molecule has 0 unspecified atom stereocenters. The van der Waals surface area contributed by atoms with Gasteiger partial charge in [-0.3, -0.25) is 9.69 Å². The standard InChI is InChI=1S/C19H30N2O3/c1-15(2)24-18-7-4-17(5-8-18)6-9-19(23)21-12-10-20(11-13-21)14-16(3)22/h4-5,7-8,15-16,22H,6,9-14H2,1-3H3/t16-/m1/s1. The number of aliphatic hydroxyl groups excluding tert-OH is 1. The van der Waals surface area contributed by atoms with Crippen LogP contribution in [0.15, 0.2) is 24.3 Å². The third-order valence-corrected chi connectivity index (χ3v) is 4.17. The third kappa shape index (κ3) is 6.13. The van der Waals surface area contributed by atoms with Gasteiger partial charge in [0.15, 0.2) is 0 Å². The van der Waals surface area contributed by atoms with Gasteiger partial charge in [-0.1, -0.05) is 12.1 Å². The number of ether oxygens (including phenoxy) is 1. The fourth-order valence-corrected chi connectivity index (χ4v) is 2.97. The summed E-state index contributed by atoms with van der Waals surface area (Å²) in [5.74, 6) is 1.09. The Labute approximate surface area is 145 Å². The number of nitrogens with zero attached hydrogens (tertiary/aromatic N) is 2. The first-order valence-electron chi connectivity index (χ1n) is 8.88. The summed E-state index contributed by atoms with van der Waals surface area (Å²) in [6, 6.07) is 8.00. The minimum Gasteiger partial charge on any atom is -0.491 e. The molecule has 1 amide bonds. The number of hydrogen-bond donors (Lipinski definition) is 1. The molecule has 1 heterocycles. The van der Waals surface area contributed by atoms with E-state index < -0.39 is 0 Å². The highest BCUT2D eigenvalue weighted by atomic mass is 16.5. The van der Waals surface area contributed by atoms with Crippen LogP contribution >= 0.6 is 0 Å². The van der Waals surface area contributed by atoms with E-state index in [9.17, 15) is 9.90 Å². The molecule has 0 bridgehead atoms. The normalized spacial score (nSPS) is 17.1. The molecular formula is C19H30N2O3. The molecule has 134 valence electrons. The van der Waals surface area contributed by atoms with E-state index in [1.807, 2.05) is 43.0 Å². The van der Waals surface area contributed by atoms with Crippen molar-refractivity contribution in [1.29, 1.82) is 0 Å². The number of carbonyl (C=O) groups is 1. The lowest BCUT2D eigenvalue weighted by Gasteiger charge is -2.35. The Morgan fingerprint density at radius 3 is 2.29 bits per heavy atom. The van der Waals surface area contributed by atoms with Crippen molar-refractivity contribution >= 4 is 5.91 Å². The van der Waals surface area contributed by atoms with E-state index in [0.717, 1.165) is 43.9 Å². The van der Waals surface area contributed by atoms with Gasteiger partial charge >= 0.3 is 0 Å². The number of carbonyl (C=O) groups excluding carboxylic acids is 1. The Hall–Kier alpha value is -1.59. The highest BCUT2D eigenvalue weighted by Crippen LogP contribution is 2.15. The largest absolute Gasteiger partial charge is 0.491 e. The van der Waals surface area contributed by atoms with Gasteiger partial charge in [-0.05, 0) is 44.9 Å².